The van der Waals surface area contributed by atoms with Crippen molar-refractivity contribution < 1.29 is 9.13 Å². The quantitative estimate of drug-likeness (QED) is 0.452. The van der Waals surface area contributed by atoms with Crippen molar-refractivity contribution in [3.8, 4) is 5.88 Å². The van der Waals surface area contributed by atoms with Gasteiger partial charge in [0.25, 0.3) is 0 Å². The molecule has 1 atom stereocenters. The molecule has 1 fully saturated rings. The van der Waals surface area contributed by atoms with Crippen LogP contribution in [0.15, 0.2) is 42.5 Å². The van der Waals surface area contributed by atoms with Gasteiger partial charge in [0, 0.05) is 29.7 Å². The van der Waals surface area contributed by atoms with Gasteiger partial charge in [-0.25, -0.2) is 4.39 Å². The molecule has 0 radical (unpaired) electrons. The van der Waals surface area contributed by atoms with Crippen LogP contribution in [-0.2, 0) is 6.54 Å². The second-order valence-electron chi connectivity index (χ2n) is 7.89. The largest absolute Gasteiger partial charge is 0.476 e. The van der Waals surface area contributed by atoms with Gasteiger partial charge in [0.1, 0.15) is 5.67 Å². The van der Waals surface area contributed by atoms with Crippen molar-refractivity contribution in [2.75, 3.05) is 26.2 Å². The van der Waals surface area contributed by atoms with Crippen molar-refractivity contribution in [3.63, 3.8) is 0 Å². The number of halogens is 3. The first kappa shape index (κ1) is 20.5. The molecular formula is C22H24Cl2FN3O. The molecule has 0 aliphatic carbocycles. The molecule has 0 saturated carbocycles. The Labute approximate surface area is 180 Å². The highest BCUT2D eigenvalue weighted by molar-refractivity contribution is 6.31. The Morgan fingerprint density at radius 3 is 2.62 bits per heavy atom. The Morgan fingerprint density at radius 1 is 1.14 bits per heavy atom. The maximum Gasteiger partial charge on any atom is 0.240 e. The molecule has 4 rings (SSSR count). The van der Waals surface area contributed by atoms with E-state index in [4.69, 9.17) is 27.9 Å². The zero-order valence-electron chi connectivity index (χ0n) is 16.4. The topological polar surface area (TPSA) is 30.3 Å². The normalized spacial score (nSPS) is 19.9. The lowest BCUT2D eigenvalue weighted by Crippen LogP contribution is -2.27. The smallest absolute Gasteiger partial charge is 0.240 e. The maximum absolute atomic E-state index is 13.9. The summed E-state index contributed by atoms with van der Waals surface area (Å²) in [5, 5.41) is 6.92. The average Bonchev–Trinajstić information content (AvgIpc) is 3.20. The summed E-state index contributed by atoms with van der Waals surface area (Å²) < 4.78 is 21.9. The number of hydrogen-bond acceptors (Lipinski definition) is 3. The SMILES string of the molecule is CC1(F)CCN(CCCOc2nn(Cc3ccc(Cl)cc3)c3ccc(Cl)cc23)C1. The highest BCUT2D eigenvalue weighted by atomic mass is 35.5. The Bertz CT molecular complexity index is 988. The summed E-state index contributed by atoms with van der Waals surface area (Å²) in [5.41, 5.74) is 1.00. The van der Waals surface area contributed by atoms with E-state index in [1.54, 1.807) is 6.92 Å². The van der Waals surface area contributed by atoms with Crippen LogP contribution in [0.4, 0.5) is 4.39 Å². The minimum atomic E-state index is -1.06. The van der Waals surface area contributed by atoms with Gasteiger partial charge in [-0.2, -0.15) is 0 Å². The highest BCUT2D eigenvalue weighted by Crippen LogP contribution is 2.29. The van der Waals surface area contributed by atoms with E-state index in [1.807, 2.05) is 47.1 Å². The lowest BCUT2D eigenvalue weighted by molar-refractivity contribution is 0.183. The average molecular weight is 436 g/mol. The third-order valence-corrected chi connectivity index (χ3v) is 5.77. The number of alkyl halides is 1. The van der Waals surface area contributed by atoms with Crippen molar-refractivity contribution in [1.82, 2.24) is 14.7 Å². The zero-order chi connectivity index (χ0) is 20.4. The predicted molar refractivity (Wildman–Crippen MR) is 116 cm³/mol. The molecule has 1 saturated heterocycles. The summed E-state index contributed by atoms with van der Waals surface area (Å²) in [6.45, 7) is 4.94. The monoisotopic (exact) mass is 435 g/mol. The number of hydrogen-bond donors (Lipinski definition) is 0. The van der Waals surface area contributed by atoms with Gasteiger partial charge in [0.15, 0.2) is 0 Å². The first-order chi connectivity index (χ1) is 13.9. The molecule has 154 valence electrons. The summed E-state index contributed by atoms with van der Waals surface area (Å²) in [5.74, 6) is 0.577. The van der Waals surface area contributed by atoms with Crippen LogP contribution in [0.1, 0.15) is 25.3 Å². The van der Waals surface area contributed by atoms with Crippen molar-refractivity contribution in [1.29, 1.82) is 0 Å². The first-order valence-electron chi connectivity index (χ1n) is 9.84. The molecule has 1 aliphatic heterocycles. The first-order valence-corrected chi connectivity index (χ1v) is 10.6. The maximum atomic E-state index is 13.9. The number of rotatable bonds is 7. The molecule has 29 heavy (non-hydrogen) atoms. The van der Waals surface area contributed by atoms with Crippen molar-refractivity contribution in [3.05, 3.63) is 58.1 Å². The molecule has 0 amide bonds. The van der Waals surface area contributed by atoms with Crippen molar-refractivity contribution >= 4 is 34.1 Å². The van der Waals surface area contributed by atoms with Gasteiger partial charge >= 0.3 is 0 Å². The lowest BCUT2D eigenvalue weighted by atomic mass is 10.1. The lowest BCUT2D eigenvalue weighted by Gasteiger charge is -2.16. The van der Waals surface area contributed by atoms with Gasteiger partial charge < -0.3 is 4.74 Å². The highest BCUT2D eigenvalue weighted by Gasteiger charge is 2.32. The second-order valence-corrected chi connectivity index (χ2v) is 8.77. The number of aromatic nitrogens is 2. The number of fused-ring (bicyclic) bond motifs is 1. The summed E-state index contributed by atoms with van der Waals surface area (Å²) in [6, 6.07) is 13.4. The van der Waals surface area contributed by atoms with Crippen LogP contribution in [0.2, 0.25) is 10.0 Å². The molecule has 1 aromatic heterocycles. The standard InChI is InChI=1S/C22H24Cl2FN3O/c1-22(25)9-11-27(15-22)10-2-12-29-21-19-13-18(24)7-8-20(19)28(26-21)14-16-3-5-17(23)6-4-16/h3-8,13H,2,9-12,14-15H2,1H3. The summed E-state index contributed by atoms with van der Waals surface area (Å²) in [6.07, 6.45) is 1.42. The number of ether oxygens (including phenoxy) is 1. The molecule has 2 aromatic carbocycles. The van der Waals surface area contributed by atoms with E-state index in [9.17, 15) is 4.39 Å². The summed E-state index contributed by atoms with van der Waals surface area (Å²) in [4.78, 5) is 2.15. The molecule has 0 bridgehead atoms. The van der Waals surface area contributed by atoms with Crippen LogP contribution in [0.5, 0.6) is 5.88 Å². The van der Waals surface area contributed by atoms with Crippen LogP contribution in [0.25, 0.3) is 10.9 Å². The molecule has 0 spiro atoms. The fourth-order valence-electron chi connectivity index (χ4n) is 3.78. The Hall–Kier alpha value is -1.82. The molecule has 1 unspecified atom stereocenters. The molecular weight excluding hydrogens is 412 g/mol. The van der Waals surface area contributed by atoms with E-state index >= 15 is 0 Å². The molecule has 3 aromatic rings. The third-order valence-electron chi connectivity index (χ3n) is 5.28. The van der Waals surface area contributed by atoms with Gasteiger partial charge in [-0.1, -0.05) is 35.3 Å². The van der Waals surface area contributed by atoms with Crippen LogP contribution in [0.3, 0.4) is 0 Å². The van der Waals surface area contributed by atoms with Crippen molar-refractivity contribution in [2.45, 2.75) is 32.0 Å². The van der Waals surface area contributed by atoms with Crippen LogP contribution in [-0.4, -0.2) is 46.6 Å². The predicted octanol–water partition coefficient (Wildman–Crippen LogP) is 5.59. The Balaban J connectivity index is 1.44. The van der Waals surface area contributed by atoms with E-state index < -0.39 is 5.67 Å². The Morgan fingerprint density at radius 2 is 1.90 bits per heavy atom. The van der Waals surface area contributed by atoms with Crippen LogP contribution in [0, 0.1) is 0 Å². The van der Waals surface area contributed by atoms with E-state index in [2.05, 4.69) is 10.00 Å². The number of likely N-dealkylation sites (tertiary alicyclic amines) is 1. The van der Waals surface area contributed by atoms with E-state index in [0.717, 1.165) is 36.0 Å². The third kappa shape index (κ3) is 5.03. The molecule has 1 aliphatic rings. The van der Waals surface area contributed by atoms with Crippen LogP contribution >= 0.6 is 23.2 Å². The molecule has 7 heteroatoms. The summed E-state index contributed by atoms with van der Waals surface area (Å²) in [7, 11) is 0. The second kappa shape index (κ2) is 8.50. The number of nitrogens with zero attached hydrogens (tertiary/aromatic N) is 3. The Kier molecular flexibility index (Phi) is 6.00. The van der Waals surface area contributed by atoms with E-state index in [0.29, 0.717) is 42.0 Å². The van der Waals surface area contributed by atoms with Crippen LogP contribution < -0.4 is 4.74 Å². The van der Waals surface area contributed by atoms with Gasteiger partial charge in [-0.3, -0.25) is 9.58 Å². The summed E-state index contributed by atoms with van der Waals surface area (Å²) >= 11 is 12.2. The van der Waals surface area contributed by atoms with Gasteiger partial charge in [0.2, 0.25) is 5.88 Å². The number of benzene rings is 2. The van der Waals surface area contributed by atoms with Gasteiger partial charge in [0.05, 0.1) is 24.1 Å². The fraction of sp³-hybridized carbons (Fsp3) is 0.409. The molecule has 2 heterocycles. The van der Waals surface area contributed by atoms with Gasteiger partial charge in [-0.05, 0) is 55.7 Å². The molecule has 4 nitrogen and oxygen atoms in total. The van der Waals surface area contributed by atoms with Gasteiger partial charge in [-0.15, -0.1) is 5.10 Å². The van der Waals surface area contributed by atoms with E-state index in [-0.39, 0.29) is 0 Å². The van der Waals surface area contributed by atoms with E-state index in [1.165, 1.54) is 0 Å². The fourth-order valence-corrected chi connectivity index (χ4v) is 4.07. The zero-order valence-corrected chi connectivity index (χ0v) is 17.9. The molecule has 0 N–H and O–H groups in total. The minimum absolute atomic E-state index is 0.501. The minimum Gasteiger partial charge on any atom is -0.476 e. The van der Waals surface area contributed by atoms with Crippen molar-refractivity contribution in [2.24, 2.45) is 0 Å².